The largest absolute Gasteiger partial charge is 0.481 e. The molecule has 8 heteroatoms. The molecule has 1 saturated heterocycles. The standard InChI is InChI=1S/C47H72FN3O4/c1-30(2)33-15-22-47(49-25-26-50-27-28-51(31(3)52)42(6,7)39(50)53)24-23-44(9)35(38(33)47)11-12-37-43(8)18-16-34(41(4,5)36(43)17-19-45(37,44)10)32-13-20-46(29-48,21-14-32)40(54)55/h13,16,33,35-38,49H,1,11-12,14-15,17-29H2,2-10H3,(H,54,55). The Morgan fingerprint density at radius 3 is 2.24 bits per heavy atom. The van der Waals surface area contributed by atoms with E-state index in [9.17, 15) is 23.9 Å². The third-order valence-electron chi connectivity index (χ3n) is 18.6. The van der Waals surface area contributed by atoms with Crippen molar-refractivity contribution in [3.63, 3.8) is 0 Å². The van der Waals surface area contributed by atoms with Gasteiger partial charge in [0.05, 0.1) is 5.41 Å². The first kappa shape index (κ1) is 40.7. The lowest BCUT2D eigenvalue weighted by molar-refractivity contribution is -0.221. The second kappa shape index (κ2) is 13.5. The Bertz CT molecular complexity index is 1680. The van der Waals surface area contributed by atoms with Gasteiger partial charge in [-0.25, -0.2) is 4.39 Å². The highest BCUT2D eigenvalue weighted by atomic mass is 19.1. The third-order valence-corrected chi connectivity index (χ3v) is 18.6. The van der Waals surface area contributed by atoms with Crippen LogP contribution in [0.25, 0.3) is 0 Å². The molecule has 5 fully saturated rings. The van der Waals surface area contributed by atoms with Crippen LogP contribution in [-0.2, 0) is 14.4 Å². The highest BCUT2D eigenvalue weighted by molar-refractivity contribution is 5.91. The van der Waals surface area contributed by atoms with Gasteiger partial charge in [-0.3, -0.25) is 14.4 Å². The molecular weight excluding hydrogens is 690 g/mol. The van der Waals surface area contributed by atoms with Crippen LogP contribution in [0.2, 0.25) is 0 Å². The van der Waals surface area contributed by atoms with E-state index >= 15 is 0 Å². The first-order valence-corrected chi connectivity index (χ1v) is 21.8. The molecule has 306 valence electrons. The van der Waals surface area contributed by atoms with Crippen LogP contribution in [0, 0.1) is 56.7 Å². The van der Waals surface area contributed by atoms with Gasteiger partial charge in [-0.1, -0.05) is 58.9 Å². The smallest absolute Gasteiger partial charge is 0.312 e. The summed E-state index contributed by atoms with van der Waals surface area (Å²) in [6.45, 7) is 26.9. The second-order valence-corrected chi connectivity index (χ2v) is 21.5. The number of allylic oxidation sites excluding steroid dienone is 5. The van der Waals surface area contributed by atoms with E-state index < -0.39 is 23.6 Å². The molecule has 7 aliphatic rings. The molecule has 2 N–H and O–H groups in total. The normalized spacial score (nSPS) is 43.3. The van der Waals surface area contributed by atoms with Crippen LogP contribution in [-0.4, -0.2) is 76.6 Å². The molecule has 10 atom stereocenters. The van der Waals surface area contributed by atoms with Gasteiger partial charge in [0, 0.05) is 38.6 Å². The van der Waals surface area contributed by atoms with Crippen molar-refractivity contribution in [2.75, 3.05) is 32.9 Å². The molecule has 2 amide bonds. The maximum atomic E-state index is 14.0. The summed E-state index contributed by atoms with van der Waals surface area (Å²) < 4.78 is 14.0. The minimum Gasteiger partial charge on any atom is -0.481 e. The van der Waals surface area contributed by atoms with E-state index in [2.05, 4.69) is 65.6 Å². The number of nitrogens with zero attached hydrogens (tertiary/aromatic N) is 2. The fraction of sp³-hybridized carbons (Fsp3) is 0.809. The van der Waals surface area contributed by atoms with Gasteiger partial charge >= 0.3 is 5.97 Å². The number of hydrogen-bond acceptors (Lipinski definition) is 4. The van der Waals surface area contributed by atoms with Crippen molar-refractivity contribution in [2.24, 2.45) is 56.7 Å². The first-order chi connectivity index (χ1) is 25.6. The SMILES string of the molecule is C=C(C)C1CCC2(NCCN3CCN(C(C)=O)C(C)(C)C3=O)CCC3(C)C(CCC4C5(C)CC=C(C6=CCC(CF)(C(=O)O)CC6)C(C)(C)C5CCC43C)C12. The summed E-state index contributed by atoms with van der Waals surface area (Å²) in [4.78, 5) is 41.6. The molecular formula is C47H72FN3O4. The Morgan fingerprint density at radius 1 is 0.891 bits per heavy atom. The Kier molecular flexibility index (Phi) is 10.0. The van der Waals surface area contributed by atoms with Crippen molar-refractivity contribution >= 4 is 17.8 Å². The second-order valence-electron chi connectivity index (χ2n) is 21.5. The van der Waals surface area contributed by atoms with Crippen molar-refractivity contribution < 1.29 is 23.9 Å². The van der Waals surface area contributed by atoms with Crippen molar-refractivity contribution in [1.29, 1.82) is 0 Å². The van der Waals surface area contributed by atoms with Gasteiger partial charge in [0.15, 0.2) is 0 Å². The minimum absolute atomic E-state index is 0.0334. The molecule has 0 bridgehead atoms. The number of piperazine rings is 1. The Morgan fingerprint density at radius 2 is 1.62 bits per heavy atom. The van der Waals surface area contributed by atoms with Gasteiger partial charge in [0.1, 0.15) is 12.2 Å². The highest BCUT2D eigenvalue weighted by Crippen LogP contribution is 2.76. The number of amides is 2. The zero-order valence-corrected chi connectivity index (χ0v) is 35.7. The van der Waals surface area contributed by atoms with Crippen molar-refractivity contribution in [1.82, 2.24) is 15.1 Å². The minimum atomic E-state index is -1.27. The molecule has 6 aliphatic carbocycles. The lowest BCUT2D eigenvalue weighted by Gasteiger charge is -2.72. The zero-order chi connectivity index (χ0) is 40.1. The van der Waals surface area contributed by atoms with Crippen LogP contribution in [0.1, 0.15) is 139 Å². The maximum absolute atomic E-state index is 14.0. The van der Waals surface area contributed by atoms with E-state index in [1.165, 1.54) is 55.2 Å². The quantitative estimate of drug-likeness (QED) is 0.241. The molecule has 0 aromatic heterocycles. The van der Waals surface area contributed by atoms with E-state index in [1.807, 2.05) is 18.7 Å². The number of alkyl halides is 1. The van der Waals surface area contributed by atoms with E-state index in [-0.39, 0.29) is 45.4 Å². The van der Waals surface area contributed by atoms with Crippen LogP contribution < -0.4 is 5.32 Å². The fourth-order valence-electron chi connectivity index (χ4n) is 15.4. The summed E-state index contributed by atoms with van der Waals surface area (Å²) in [5.74, 6) is 1.80. The number of aliphatic carboxylic acids is 1. The van der Waals surface area contributed by atoms with Crippen LogP contribution >= 0.6 is 0 Å². The number of hydrogen-bond donors (Lipinski definition) is 2. The van der Waals surface area contributed by atoms with E-state index in [4.69, 9.17) is 0 Å². The van der Waals surface area contributed by atoms with Gasteiger partial charge in [0.2, 0.25) is 11.8 Å². The molecule has 55 heavy (non-hydrogen) atoms. The van der Waals surface area contributed by atoms with E-state index in [1.54, 1.807) is 11.8 Å². The lowest BCUT2D eigenvalue weighted by Crippen LogP contribution is -2.68. The number of fused-ring (bicyclic) bond motifs is 7. The maximum Gasteiger partial charge on any atom is 0.312 e. The van der Waals surface area contributed by atoms with Crippen molar-refractivity contribution in [2.45, 2.75) is 150 Å². The van der Waals surface area contributed by atoms with Gasteiger partial charge in [-0.2, -0.15) is 0 Å². The molecule has 0 aromatic rings. The van der Waals surface area contributed by atoms with Crippen LogP contribution in [0.3, 0.4) is 0 Å². The number of nitrogens with one attached hydrogen (secondary N) is 1. The number of carboxylic acid groups (broad SMARTS) is 1. The van der Waals surface area contributed by atoms with Crippen LogP contribution in [0.15, 0.2) is 35.5 Å². The molecule has 0 aromatic carbocycles. The molecule has 1 heterocycles. The monoisotopic (exact) mass is 762 g/mol. The summed E-state index contributed by atoms with van der Waals surface area (Å²) in [5, 5.41) is 14.0. The number of carbonyl (C=O) groups excluding carboxylic acids is 2. The number of carboxylic acids is 1. The average Bonchev–Trinajstić information content (AvgIpc) is 3.50. The molecule has 4 saturated carbocycles. The molecule has 10 unspecified atom stereocenters. The van der Waals surface area contributed by atoms with Crippen LogP contribution in [0.5, 0.6) is 0 Å². The number of halogens is 1. The van der Waals surface area contributed by atoms with E-state index in [0.717, 1.165) is 25.8 Å². The van der Waals surface area contributed by atoms with Crippen molar-refractivity contribution in [3.05, 3.63) is 35.5 Å². The fourth-order valence-corrected chi connectivity index (χ4v) is 15.4. The molecule has 0 radical (unpaired) electrons. The van der Waals surface area contributed by atoms with Crippen LogP contribution in [0.4, 0.5) is 4.39 Å². The third kappa shape index (κ3) is 5.81. The van der Waals surface area contributed by atoms with Gasteiger partial charge in [-0.15, -0.1) is 0 Å². The average molecular weight is 762 g/mol. The lowest BCUT2D eigenvalue weighted by atomic mass is 9.33. The Labute approximate surface area is 331 Å². The zero-order valence-electron chi connectivity index (χ0n) is 35.7. The molecule has 7 rings (SSSR count). The van der Waals surface area contributed by atoms with Gasteiger partial charge < -0.3 is 20.2 Å². The topological polar surface area (TPSA) is 90.0 Å². The summed E-state index contributed by atoms with van der Waals surface area (Å²) in [6, 6.07) is 0. The predicted molar refractivity (Wildman–Crippen MR) is 217 cm³/mol. The molecule has 1 aliphatic heterocycles. The molecule has 7 nitrogen and oxygen atoms in total. The first-order valence-electron chi connectivity index (χ1n) is 21.8. The summed E-state index contributed by atoms with van der Waals surface area (Å²) >= 11 is 0. The summed E-state index contributed by atoms with van der Waals surface area (Å²) in [5.41, 5.74) is 2.53. The van der Waals surface area contributed by atoms with Gasteiger partial charge in [0.25, 0.3) is 0 Å². The Hall–Kier alpha value is -2.48. The summed E-state index contributed by atoms with van der Waals surface area (Å²) in [6.07, 6.45) is 16.6. The summed E-state index contributed by atoms with van der Waals surface area (Å²) in [7, 11) is 0. The number of carbonyl (C=O) groups is 3. The highest BCUT2D eigenvalue weighted by Gasteiger charge is 2.70. The van der Waals surface area contributed by atoms with Gasteiger partial charge in [-0.05, 0) is 160 Å². The Balaban J connectivity index is 1.12. The number of rotatable bonds is 8. The van der Waals surface area contributed by atoms with Crippen molar-refractivity contribution in [3.8, 4) is 0 Å². The molecule has 0 spiro atoms. The van der Waals surface area contributed by atoms with E-state index in [0.29, 0.717) is 62.1 Å². The predicted octanol–water partition coefficient (Wildman–Crippen LogP) is 9.14.